The average molecular weight is 413 g/mol. The Balaban J connectivity index is 1.31. The van der Waals surface area contributed by atoms with Gasteiger partial charge in [0.15, 0.2) is 11.6 Å². The van der Waals surface area contributed by atoms with Gasteiger partial charge < -0.3 is 19.1 Å². The molecule has 0 bridgehead atoms. The third-order valence-electron chi connectivity index (χ3n) is 6.29. The fraction of sp³-hybridized carbons (Fsp3) is 0.458. The molecule has 1 amide bonds. The molecule has 0 unspecified atom stereocenters. The Hall–Kier alpha value is -2.60. The third-order valence-corrected chi connectivity index (χ3v) is 6.29. The quantitative estimate of drug-likeness (QED) is 0.741. The van der Waals surface area contributed by atoms with E-state index in [1.54, 1.807) is 18.2 Å². The molecular weight excluding hydrogens is 381 g/mol. The summed E-state index contributed by atoms with van der Waals surface area (Å²) in [6.45, 7) is 8.20. The Morgan fingerprint density at radius 2 is 1.97 bits per heavy atom. The molecular formula is C24H31FN3O2+. The van der Waals surface area contributed by atoms with Crippen LogP contribution in [0.15, 0.2) is 30.3 Å². The van der Waals surface area contributed by atoms with Gasteiger partial charge in [0.25, 0.3) is 0 Å². The van der Waals surface area contributed by atoms with Crippen LogP contribution in [0.25, 0.3) is 6.08 Å². The average Bonchev–Trinajstić information content (AvgIpc) is 3.52. The van der Waals surface area contributed by atoms with Gasteiger partial charge in [-0.25, -0.2) is 4.39 Å². The van der Waals surface area contributed by atoms with E-state index in [1.165, 1.54) is 36.2 Å². The van der Waals surface area contributed by atoms with Crippen LogP contribution in [0.4, 0.5) is 4.39 Å². The summed E-state index contributed by atoms with van der Waals surface area (Å²) in [5.41, 5.74) is 4.61. The molecule has 1 N–H and O–H groups in total. The number of nitrogens with zero attached hydrogens (tertiary/aromatic N) is 2. The lowest BCUT2D eigenvalue weighted by Gasteiger charge is -2.31. The molecule has 1 aromatic heterocycles. The van der Waals surface area contributed by atoms with Crippen molar-refractivity contribution in [1.82, 2.24) is 9.47 Å². The van der Waals surface area contributed by atoms with Crippen molar-refractivity contribution in [2.75, 3.05) is 33.3 Å². The van der Waals surface area contributed by atoms with Crippen molar-refractivity contribution in [3.8, 4) is 5.75 Å². The molecule has 2 aliphatic rings. The van der Waals surface area contributed by atoms with Crippen LogP contribution in [-0.4, -0.2) is 48.7 Å². The fourth-order valence-electron chi connectivity index (χ4n) is 4.46. The number of ether oxygens (including phenoxy) is 1. The molecule has 1 saturated heterocycles. The number of hydrogen-bond acceptors (Lipinski definition) is 2. The molecule has 1 aliphatic heterocycles. The Morgan fingerprint density at radius 3 is 2.60 bits per heavy atom. The van der Waals surface area contributed by atoms with Gasteiger partial charge >= 0.3 is 0 Å². The number of carbonyl (C=O) groups excluding carboxylic acids is 1. The lowest BCUT2D eigenvalue weighted by atomic mass is 10.1. The maximum atomic E-state index is 13.9. The molecule has 1 saturated carbocycles. The molecule has 2 fully saturated rings. The number of aryl methyl sites for hydroxylation is 1. The van der Waals surface area contributed by atoms with Gasteiger partial charge in [0, 0.05) is 29.1 Å². The van der Waals surface area contributed by atoms with E-state index >= 15 is 0 Å². The second-order valence-corrected chi connectivity index (χ2v) is 8.48. The first kappa shape index (κ1) is 20.7. The van der Waals surface area contributed by atoms with E-state index in [1.807, 2.05) is 17.0 Å². The molecule has 30 heavy (non-hydrogen) atoms. The fourth-order valence-corrected chi connectivity index (χ4v) is 4.46. The van der Waals surface area contributed by atoms with Gasteiger partial charge in [-0.05, 0) is 62.6 Å². The van der Waals surface area contributed by atoms with E-state index in [9.17, 15) is 9.18 Å². The van der Waals surface area contributed by atoms with Crippen LogP contribution < -0.4 is 9.64 Å². The highest BCUT2D eigenvalue weighted by molar-refractivity contribution is 5.92. The molecule has 4 rings (SSSR count). The maximum absolute atomic E-state index is 13.9. The highest BCUT2D eigenvalue weighted by Gasteiger charge is 2.27. The second-order valence-electron chi connectivity index (χ2n) is 8.48. The number of quaternary nitrogens is 1. The van der Waals surface area contributed by atoms with Crippen molar-refractivity contribution in [1.29, 1.82) is 0 Å². The van der Waals surface area contributed by atoms with Crippen molar-refractivity contribution in [2.24, 2.45) is 0 Å². The number of aromatic nitrogens is 1. The summed E-state index contributed by atoms with van der Waals surface area (Å²) in [4.78, 5) is 15.9. The summed E-state index contributed by atoms with van der Waals surface area (Å²) in [5.74, 6) is 0.0176. The molecule has 1 aliphatic carbocycles. The summed E-state index contributed by atoms with van der Waals surface area (Å²) in [6, 6.07) is 7.96. The van der Waals surface area contributed by atoms with Crippen LogP contribution >= 0.6 is 0 Å². The summed E-state index contributed by atoms with van der Waals surface area (Å²) < 4.78 is 21.3. The first-order valence-electron chi connectivity index (χ1n) is 10.8. The van der Waals surface area contributed by atoms with Crippen molar-refractivity contribution in [3.05, 3.63) is 58.7 Å². The number of piperazine rings is 1. The highest BCUT2D eigenvalue weighted by Crippen LogP contribution is 2.38. The topological polar surface area (TPSA) is 38.9 Å². The van der Waals surface area contributed by atoms with E-state index in [0.717, 1.165) is 43.9 Å². The largest absolute Gasteiger partial charge is 0.494 e. The van der Waals surface area contributed by atoms with E-state index in [0.29, 0.717) is 6.04 Å². The van der Waals surface area contributed by atoms with Crippen molar-refractivity contribution >= 4 is 12.0 Å². The van der Waals surface area contributed by atoms with Gasteiger partial charge in [-0.2, -0.15) is 0 Å². The molecule has 2 aromatic rings. The molecule has 0 spiro atoms. The number of methoxy groups -OCH3 is 1. The Bertz CT molecular complexity index is 954. The second kappa shape index (κ2) is 8.64. The predicted octanol–water partition coefficient (Wildman–Crippen LogP) is 2.53. The van der Waals surface area contributed by atoms with Gasteiger partial charge in [-0.3, -0.25) is 4.79 Å². The van der Waals surface area contributed by atoms with Crippen molar-refractivity contribution < 1.29 is 18.8 Å². The minimum Gasteiger partial charge on any atom is -0.494 e. The summed E-state index contributed by atoms with van der Waals surface area (Å²) in [6.07, 6.45) is 6.19. The van der Waals surface area contributed by atoms with Crippen molar-refractivity contribution in [2.45, 2.75) is 39.3 Å². The minimum atomic E-state index is -0.325. The standard InChI is InChI=1S/C24H30FN3O2/c1-17-14-20(18(2)28(17)21-6-7-21)5-9-24(29)27-12-10-26(11-13-27)16-19-4-8-23(30-3)22(25)15-19/h4-5,8-9,14-15,21H,6-7,10-13,16H2,1-3H3/p+1/b9-5+. The lowest BCUT2D eigenvalue weighted by Crippen LogP contribution is -3.13. The summed E-state index contributed by atoms with van der Waals surface area (Å²) in [5, 5.41) is 0. The van der Waals surface area contributed by atoms with Crippen LogP contribution in [0, 0.1) is 19.7 Å². The van der Waals surface area contributed by atoms with Crippen LogP contribution in [-0.2, 0) is 11.3 Å². The highest BCUT2D eigenvalue weighted by atomic mass is 19.1. The smallest absolute Gasteiger partial charge is 0.246 e. The molecule has 160 valence electrons. The molecule has 1 aromatic carbocycles. The molecule has 5 nitrogen and oxygen atoms in total. The minimum absolute atomic E-state index is 0.0702. The van der Waals surface area contributed by atoms with Gasteiger partial charge in [-0.1, -0.05) is 0 Å². The number of benzene rings is 1. The maximum Gasteiger partial charge on any atom is 0.246 e. The van der Waals surface area contributed by atoms with Crippen LogP contribution in [0.3, 0.4) is 0 Å². The molecule has 6 heteroatoms. The number of carbonyl (C=O) groups is 1. The lowest BCUT2D eigenvalue weighted by molar-refractivity contribution is -0.917. The number of halogens is 1. The Kier molecular flexibility index (Phi) is 5.95. The van der Waals surface area contributed by atoms with Crippen LogP contribution in [0.1, 0.15) is 41.4 Å². The molecule has 2 heterocycles. The Labute approximate surface area is 177 Å². The van der Waals surface area contributed by atoms with E-state index in [-0.39, 0.29) is 17.5 Å². The van der Waals surface area contributed by atoms with Gasteiger partial charge in [0.05, 0.1) is 33.3 Å². The zero-order valence-electron chi connectivity index (χ0n) is 18.1. The first-order valence-corrected chi connectivity index (χ1v) is 10.8. The van der Waals surface area contributed by atoms with E-state index in [2.05, 4.69) is 24.5 Å². The normalized spacial score (nSPS) is 17.7. The Morgan fingerprint density at radius 1 is 1.23 bits per heavy atom. The van der Waals surface area contributed by atoms with Crippen LogP contribution in [0.5, 0.6) is 5.75 Å². The van der Waals surface area contributed by atoms with Gasteiger partial charge in [0.1, 0.15) is 6.54 Å². The monoisotopic (exact) mass is 412 g/mol. The number of amides is 1. The third kappa shape index (κ3) is 4.43. The number of hydrogen-bond donors (Lipinski definition) is 1. The van der Waals surface area contributed by atoms with E-state index in [4.69, 9.17) is 4.74 Å². The van der Waals surface area contributed by atoms with Gasteiger partial charge in [0.2, 0.25) is 5.91 Å². The number of nitrogens with one attached hydrogen (secondary N) is 1. The van der Waals surface area contributed by atoms with Crippen molar-refractivity contribution in [3.63, 3.8) is 0 Å². The first-order chi connectivity index (χ1) is 14.5. The van der Waals surface area contributed by atoms with Gasteiger partial charge in [-0.15, -0.1) is 0 Å². The summed E-state index contributed by atoms with van der Waals surface area (Å²) >= 11 is 0. The number of rotatable bonds is 6. The predicted molar refractivity (Wildman–Crippen MR) is 115 cm³/mol. The van der Waals surface area contributed by atoms with E-state index < -0.39 is 0 Å². The SMILES string of the molecule is COc1ccc(C[NH+]2CCN(C(=O)/C=C/c3cc(C)n(C4CC4)c3C)CC2)cc1F. The zero-order chi connectivity index (χ0) is 21.3. The summed E-state index contributed by atoms with van der Waals surface area (Å²) in [7, 11) is 1.47. The molecule has 0 atom stereocenters. The zero-order valence-corrected chi connectivity index (χ0v) is 18.1. The molecule has 0 radical (unpaired) electrons. The van der Waals surface area contributed by atoms with Crippen LogP contribution in [0.2, 0.25) is 0 Å².